The molecule has 1 aliphatic heterocycles. The molecule has 0 aromatic carbocycles. The minimum Gasteiger partial charge on any atom is -0.273 e. The van der Waals surface area contributed by atoms with Gasteiger partial charge in [-0.3, -0.25) is 9.36 Å². The number of rotatable bonds is 0. The van der Waals surface area contributed by atoms with E-state index in [2.05, 4.69) is 4.98 Å². The molecule has 1 aliphatic rings. The predicted octanol–water partition coefficient (Wildman–Crippen LogP) is 0.493. The molecule has 0 saturated carbocycles. The highest BCUT2D eigenvalue weighted by molar-refractivity contribution is 6.14. The van der Waals surface area contributed by atoms with Crippen LogP contribution in [0, 0.1) is 0 Å². The van der Waals surface area contributed by atoms with E-state index in [9.17, 15) is 4.79 Å². The number of fused-ring (bicyclic) bond motifs is 1. The molecular weight excluding hydrogens is 166 g/mol. The average Bonchev–Trinajstić information content (AvgIpc) is 2.34. The lowest BCUT2D eigenvalue weighted by atomic mass is 10.4. The van der Waals surface area contributed by atoms with Gasteiger partial charge in [0.1, 0.15) is 5.82 Å². The lowest BCUT2D eigenvalue weighted by Crippen LogP contribution is -2.33. The van der Waals surface area contributed by atoms with E-state index in [1.807, 2.05) is 0 Å². The van der Waals surface area contributed by atoms with Crippen molar-refractivity contribution in [3.05, 3.63) is 18.2 Å². The summed E-state index contributed by atoms with van der Waals surface area (Å²) in [5.74, 6) is 0.676. The fraction of sp³-hybridized carbons (Fsp3) is 0.333. The van der Waals surface area contributed by atoms with Gasteiger partial charge in [0.05, 0.1) is 13.1 Å². The molecule has 0 unspecified atom stereocenters. The normalized spacial score (nSPS) is 18.5. The Kier molecular flexibility index (Phi) is 1.44. The minimum absolute atomic E-state index is 0.0289. The molecule has 58 valence electrons. The molecule has 0 radical (unpaired) electrons. The van der Waals surface area contributed by atoms with E-state index in [1.54, 1.807) is 12.4 Å². The number of nitrogens with zero attached hydrogens (tertiary/aromatic N) is 3. The quantitative estimate of drug-likeness (QED) is 0.534. The molecule has 0 N–H and O–H groups in total. The third-order valence-electron chi connectivity index (χ3n) is 1.61. The highest BCUT2D eigenvalue weighted by Gasteiger charge is 2.21. The van der Waals surface area contributed by atoms with Gasteiger partial charge >= 0.3 is 0 Å². The Morgan fingerprint density at radius 1 is 1.55 bits per heavy atom. The molecule has 0 spiro atoms. The number of hydrogen-bond donors (Lipinski definition) is 0. The van der Waals surface area contributed by atoms with Gasteiger partial charge in [-0.25, -0.2) is 9.40 Å². The summed E-state index contributed by atoms with van der Waals surface area (Å²) in [6.07, 6.45) is 3.25. The standard InChI is InChI=1S/C6H6ClN3O/c7-9-3-5-8-1-2-10(5)6(11)4-9/h1-2H,3-4H2. The van der Waals surface area contributed by atoms with Gasteiger partial charge in [-0.1, -0.05) is 0 Å². The number of hydrogen-bond acceptors (Lipinski definition) is 3. The zero-order valence-electron chi connectivity index (χ0n) is 5.70. The summed E-state index contributed by atoms with van der Waals surface area (Å²) < 4.78 is 2.95. The summed E-state index contributed by atoms with van der Waals surface area (Å²) in [6, 6.07) is 0. The minimum atomic E-state index is -0.0289. The smallest absolute Gasteiger partial charge is 0.247 e. The van der Waals surface area contributed by atoms with E-state index in [-0.39, 0.29) is 12.5 Å². The van der Waals surface area contributed by atoms with Gasteiger partial charge in [0.15, 0.2) is 0 Å². The largest absolute Gasteiger partial charge is 0.273 e. The first-order chi connectivity index (χ1) is 5.27. The molecule has 0 saturated heterocycles. The SMILES string of the molecule is O=C1CN(Cl)Cc2nccn21. The molecule has 4 nitrogen and oxygen atoms in total. The highest BCUT2D eigenvalue weighted by Crippen LogP contribution is 2.11. The van der Waals surface area contributed by atoms with Crippen molar-refractivity contribution in [1.29, 1.82) is 0 Å². The molecule has 0 atom stereocenters. The Morgan fingerprint density at radius 2 is 2.36 bits per heavy atom. The zero-order valence-corrected chi connectivity index (χ0v) is 6.45. The maximum absolute atomic E-state index is 11.2. The summed E-state index contributed by atoms with van der Waals surface area (Å²) >= 11 is 5.66. The van der Waals surface area contributed by atoms with E-state index in [0.29, 0.717) is 12.4 Å². The van der Waals surface area contributed by atoms with Crippen molar-refractivity contribution in [2.24, 2.45) is 0 Å². The van der Waals surface area contributed by atoms with Crippen LogP contribution in [0.15, 0.2) is 12.4 Å². The second-order valence-corrected chi connectivity index (χ2v) is 2.86. The van der Waals surface area contributed by atoms with Gasteiger partial charge in [-0.15, -0.1) is 0 Å². The highest BCUT2D eigenvalue weighted by atomic mass is 35.5. The fourth-order valence-corrected chi connectivity index (χ4v) is 1.32. The first kappa shape index (κ1) is 6.82. The van der Waals surface area contributed by atoms with Crippen LogP contribution in [0.3, 0.4) is 0 Å². The summed E-state index contributed by atoms with van der Waals surface area (Å²) in [5.41, 5.74) is 0. The van der Waals surface area contributed by atoms with Crippen molar-refractivity contribution in [3.8, 4) is 0 Å². The topological polar surface area (TPSA) is 38.1 Å². The Hall–Kier alpha value is -0.870. The van der Waals surface area contributed by atoms with Gasteiger partial charge < -0.3 is 0 Å². The molecule has 0 aliphatic carbocycles. The maximum Gasteiger partial charge on any atom is 0.247 e. The van der Waals surface area contributed by atoms with E-state index in [4.69, 9.17) is 11.8 Å². The molecule has 2 rings (SSSR count). The first-order valence-corrected chi connectivity index (χ1v) is 3.57. The molecule has 0 fully saturated rings. The van der Waals surface area contributed by atoms with Crippen LogP contribution in [0.5, 0.6) is 0 Å². The molecule has 1 aromatic rings. The van der Waals surface area contributed by atoms with Crippen LogP contribution in [0.4, 0.5) is 0 Å². The molecule has 1 aromatic heterocycles. The Labute approximate surface area is 68.5 Å². The monoisotopic (exact) mass is 171 g/mol. The Morgan fingerprint density at radius 3 is 3.18 bits per heavy atom. The first-order valence-electron chi connectivity index (χ1n) is 3.23. The maximum atomic E-state index is 11.2. The van der Waals surface area contributed by atoms with Gasteiger partial charge in [-0.2, -0.15) is 0 Å². The summed E-state index contributed by atoms with van der Waals surface area (Å²) in [7, 11) is 0. The third kappa shape index (κ3) is 1.04. The van der Waals surface area contributed by atoms with Gasteiger partial charge in [0, 0.05) is 12.4 Å². The van der Waals surface area contributed by atoms with E-state index < -0.39 is 0 Å². The molecule has 2 heterocycles. The summed E-state index contributed by atoms with van der Waals surface area (Å²) in [4.78, 5) is 15.1. The van der Waals surface area contributed by atoms with Gasteiger partial charge in [0.25, 0.3) is 0 Å². The third-order valence-corrected chi connectivity index (χ3v) is 1.84. The zero-order chi connectivity index (χ0) is 7.84. The van der Waals surface area contributed by atoms with Crippen LogP contribution in [-0.4, -0.2) is 26.4 Å². The van der Waals surface area contributed by atoms with Crippen molar-refractivity contribution in [2.75, 3.05) is 6.54 Å². The van der Waals surface area contributed by atoms with Crippen molar-refractivity contribution in [2.45, 2.75) is 6.54 Å². The van der Waals surface area contributed by atoms with Crippen molar-refractivity contribution in [3.63, 3.8) is 0 Å². The molecule has 0 amide bonds. The average molecular weight is 172 g/mol. The lowest BCUT2D eigenvalue weighted by Gasteiger charge is -2.18. The van der Waals surface area contributed by atoms with E-state index >= 15 is 0 Å². The predicted molar refractivity (Wildman–Crippen MR) is 39.1 cm³/mol. The Balaban J connectivity index is 2.44. The van der Waals surface area contributed by atoms with Crippen LogP contribution in [0.25, 0.3) is 0 Å². The molecule has 0 bridgehead atoms. The molecule has 5 heteroatoms. The van der Waals surface area contributed by atoms with Gasteiger partial charge in [-0.05, 0) is 11.8 Å². The number of aromatic nitrogens is 2. The molecule has 11 heavy (non-hydrogen) atoms. The lowest BCUT2D eigenvalue weighted by molar-refractivity contribution is 0.0853. The molecular formula is C6H6ClN3O. The van der Waals surface area contributed by atoms with Gasteiger partial charge in [0.2, 0.25) is 5.91 Å². The summed E-state index contributed by atoms with van der Waals surface area (Å²) in [5, 5.41) is 0. The second-order valence-electron chi connectivity index (χ2n) is 2.39. The second kappa shape index (κ2) is 2.32. The van der Waals surface area contributed by atoms with Crippen molar-refractivity contribution < 1.29 is 4.79 Å². The van der Waals surface area contributed by atoms with Crippen molar-refractivity contribution >= 4 is 17.7 Å². The van der Waals surface area contributed by atoms with Crippen LogP contribution < -0.4 is 0 Å². The van der Waals surface area contributed by atoms with E-state index in [1.165, 1.54) is 8.99 Å². The number of carbonyl (C=O) groups excluding carboxylic acids is 1. The van der Waals surface area contributed by atoms with E-state index in [0.717, 1.165) is 0 Å². The van der Waals surface area contributed by atoms with Crippen molar-refractivity contribution in [1.82, 2.24) is 14.0 Å². The number of carbonyl (C=O) groups is 1. The van der Waals surface area contributed by atoms with Crippen LogP contribution in [0.1, 0.15) is 10.6 Å². The van der Waals surface area contributed by atoms with Crippen LogP contribution in [-0.2, 0) is 6.54 Å². The number of halogens is 1. The Bertz CT molecular complexity index is 296. The summed E-state index contributed by atoms with van der Waals surface area (Å²) in [6.45, 7) is 0.783. The van der Waals surface area contributed by atoms with Crippen LogP contribution >= 0.6 is 11.8 Å². The number of imidazole rings is 1. The van der Waals surface area contributed by atoms with Crippen LogP contribution in [0.2, 0.25) is 0 Å². The fourth-order valence-electron chi connectivity index (χ4n) is 1.11.